The highest BCUT2D eigenvalue weighted by atomic mass is 16.1. The van der Waals surface area contributed by atoms with Crippen molar-refractivity contribution in [2.75, 3.05) is 13.1 Å². The number of hydrogen-bond acceptors (Lipinski definition) is 4. The van der Waals surface area contributed by atoms with E-state index >= 15 is 0 Å². The average Bonchev–Trinajstić information content (AvgIpc) is 2.40. The number of hydrogen-bond donors (Lipinski definition) is 1. The molecule has 0 bridgehead atoms. The zero-order valence-electron chi connectivity index (χ0n) is 9.47. The number of aromatic nitrogens is 3. The van der Waals surface area contributed by atoms with Crippen molar-refractivity contribution >= 4 is 11.0 Å². The summed E-state index contributed by atoms with van der Waals surface area (Å²) >= 11 is 0. The number of nitrogens with one attached hydrogen (secondary N) is 1. The number of pyridine rings is 1. The van der Waals surface area contributed by atoms with Gasteiger partial charge in [0.25, 0.3) is 5.56 Å². The Morgan fingerprint density at radius 1 is 1.29 bits per heavy atom. The normalized spacial score (nSPS) is 17.4. The van der Waals surface area contributed by atoms with Gasteiger partial charge in [-0.05, 0) is 38.1 Å². The smallest absolute Gasteiger partial charge is 0.263 e. The zero-order chi connectivity index (χ0) is 11.7. The lowest BCUT2D eigenvalue weighted by atomic mass is 10.1. The van der Waals surface area contributed by atoms with Crippen LogP contribution in [0.25, 0.3) is 11.0 Å². The van der Waals surface area contributed by atoms with E-state index in [9.17, 15) is 4.79 Å². The molecule has 1 saturated heterocycles. The van der Waals surface area contributed by atoms with Gasteiger partial charge in [0.1, 0.15) is 6.33 Å². The molecular formula is C12H14N4O. The van der Waals surface area contributed by atoms with Crippen LogP contribution in [0.5, 0.6) is 0 Å². The summed E-state index contributed by atoms with van der Waals surface area (Å²) in [6.45, 7) is 1.92. The van der Waals surface area contributed by atoms with Gasteiger partial charge >= 0.3 is 0 Å². The molecule has 1 fully saturated rings. The van der Waals surface area contributed by atoms with E-state index in [4.69, 9.17) is 0 Å². The molecular weight excluding hydrogens is 216 g/mol. The van der Waals surface area contributed by atoms with Crippen LogP contribution in [0.2, 0.25) is 0 Å². The van der Waals surface area contributed by atoms with Crippen LogP contribution in [0.3, 0.4) is 0 Å². The van der Waals surface area contributed by atoms with Gasteiger partial charge in [-0.25, -0.2) is 9.97 Å². The molecule has 0 unspecified atom stereocenters. The summed E-state index contributed by atoms with van der Waals surface area (Å²) in [4.78, 5) is 20.6. The number of nitrogens with zero attached hydrogens (tertiary/aromatic N) is 3. The van der Waals surface area contributed by atoms with Gasteiger partial charge in [-0.2, -0.15) is 0 Å². The Hall–Kier alpha value is -1.75. The third-order valence-corrected chi connectivity index (χ3v) is 3.26. The fourth-order valence-electron chi connectivity index (χ4n) is 2.32. The summed E-state index contributed by atoms with van der Waals surface area (Å²) in [6.07, 6.45) is 5.25. The minimum atomic E-state index is 0.0231. The topological polar surface area (TPSA) is 59.8 Å². The van der Waals surface area contributed by atoms with E-state index < -0.39 is 0 Å². The van der Waals surface area contributed by atoms with E-state index in [1.54, 1.807) is 29.2 Å². The molecule has 0 aliphatic carbocycles. The van der Waals surface area contributed by atoms with Crippen molar-refractivity contribution in [3.8, 4) is 0 Å². The maximum Gasteiger partial charge on any atom is 0.263 e. The van der Waals surface area contributed by atoms with E-state index in [0.29, 0.717) is 11.0 Å². The fourth-order valence-corrected chi connectivity index (χ4v) is 2.32. The summed E-state index contributed by atoms with van der Waals surface area (Å²) < 4.78 is 1.75. The molecule has 1 aliphatic rings. The second-order valence-electron chi connectivity index (χ2n) is 4.31. The molecule has 0 atom stereocenters. The summed E-state index contributed by atoms with van der Waals surface area (Å²) in [5.74, 6) is 0. The quantitative estimate of drug-likeness (QED) is 0.784. The lowest BCUT2D eigenvalue weighted by Gasteiger charge is -2.24. The predicted molar refractivity (Wildman–Crippen MR) is 64.9 cm³/mol. The maximum absolute atomic E-state index is 12.3. The zero-order valence-corrected chi connectivity index (χ0v) is 9.47. The number of fused-ring (bicyclic) bond motifs is 1. The van der Waals surface area contributed by atoms with Crippen LogP contribution in [0.15, 0.2) is 29.5 Å². The van der Waals surface area contributed by atoms with E-state index in [-0.39, 0.29) is 11.6 Å². The second kappa shape index (κ2) is 4.25. The van der Waals surface area contributed by atoms with Gasteiger partial charge in [-0.3, -0.25) is 9.36 Å². The monoisotopic (exact) mass is 230 g/mol. The Morgan fingerprint density at radius 3 is 2.94 bits per heavy atom. The first-order chi connectivity index (χ1) is 8.36. The Morgan fingerprint density at radius 2 is 2.12 bits per heavy atom. The first kappa shape index (κ1) is 10.4. The standard InChI is InChI=1S/C12H14N4O/c17-12-10-2-1-5-14-11(10)15-8-16(12)9-3-6-13-7-4-9/h1-2,5,8-9,13H,3-4,6-7H2. The molecule has 2 aromatic rings. The maximum atomic E-state index is 12.3. The molecule has 1 aliphatic heterocycles. The largest absolute Gasteiger partial charge is 0.317 e. The van der Waals surface area contributed by atoms with Crippen molar-refractivity contribution in [1.29, 1.82) is 0 Å². The van der Waals surface area contributed by atoms with Crippen LogP contribution in [-0.4, -0.2) is 27.6 Å². The summed E-state index contributed by atoms with van der Waals surface area (Å²) in [6, 6.07) is 3.83. The molecule has 0 radical (unpaired) electrons. The van der Waals surface area contributed by atoms with Crippen LogP contribution >= 0.6 is 0 Å². The number of rotatable bonds is 1. The molecule has 0 saturated carbocycles. The molecule has 5 heteroatoms. The Kier molecular flexibility index (Phi) is 2.60. The molecule has 0 spiro atoms. The molecule has 3 rings (SSSR count). The SMILES string of the molecule is O=c1c2cccnc2ncn1C1CCNCC1. The summed E-state index contributed by atoms with van der Waals surface area (Å²) in [5, 5.41) is 3.90. The highest BCUT2D eigenvalue weighted by Gasteiger charge is 2.17. The van der Waals surface area contributed by atoms with Gasteiger partial charge in [-0.1, -0.05) is 0 Å². The van der Waals surface area contributed by atoms with Crippen molar-refractivity contribution in [3.05, 3.63) is 35.0 Å². The molecule has 0 amide bonds. The van der Waals surface area contributed by atoms with E-state index in [1.807, 2.05) is 0 Å². The van der Waals surface area contributed by atoms with Gasteiger partial charge < -0.3 is 5.32 Å². The average molecular weight is 230 g/mol. The minimum absolute atomic E-state index is 0.0231. The fraction of sp³-hybridized carbons (Fsp3) is 0.417. The highest BCUT2D eigenvalue weighted by molar-refractivity contribution is 5.72. The van der Waals surface area contributed by atoms with E-state index in [1.165, 1.54) is 0 Å². The van der Waals surface area contributed by atoms with Crippen LogP contribution in [0.1, 0.15) is 18.9 Å². The van der Waals surface area contributed by atoms with Gasteiger partial charge in [0, 0.05) is 12.2 Å². The molecule has 3 heterocycles. The summed E-state index contributed by atoms with van der Waals surface area (Å²) in [5.41, 5.74) is 0.553. The van der Waals surface area contributed by atoms with Crippen molar-refractivity contribution in [2.45, 2.75) is 18.9 Å². The Balaban J connectivity index is 2.11. The van der Waals surface area contributed by atoms with E-state index in [0.717, 1.165) is 25.9 Å². The van der Waals surface area contributed by atoms with E-state index in [2.05, 4.69) is 15.3 Å². The van der Waals surface area contributed by atoms with Gasteiger partial charge in [0.05, 0.1) is 5.39 Å². The van der Waals surface area contributed by atoms with Crippen molar-refractivity contribution in [1.82, 2.24) is 19.9 Å². The van der Waals surface area contributed by atoms with Crippen molar-refractivity contribution in [3.63, 3.8) is 0 Å². The lowest BCUT2D eigenvalue weighted by molar-refractivity contribution is 0.359. The summed E-state index contributed by atoms with van der Waals surface area (Å²) in [7, 11) is 0. The second-order valence-corrected chi connectivity index (χ2v) is 4.31. The Bertz CT molecular complexity index is 586. The molecule has 88 valence electrons. The van der Waals surface area contributed by atoms with Crippen LogP contribution in [0, 0.1) is 0 Å². The van der Waals surface area contributed by atoms with Gasteiger partial charge in [0.2, 0.25) is 0 Å². The molecule has 0 aromatic carbocycles. The minimum Gasteiger partial charge on any atom is -0.317 e. The van der Waals surface area contributed by atoms with Crippen molar-refractivity contribution in [2.24, 2.45) is 0 Å². The first-order valence-electron chi connectivity index (χ1n) is 5.89. The predicted octanol–water partition coefficient (Wildman–Crippen LogP) is 0.716. The molecule has 2 aromatic heterocycles. The van der Waals surface area contributed by atoms with Gasteiger partial charge in [0.15, 0.2) is 5.65 Å². The highest BCUT2D eigenvalue weighted by Crippen LogP contribution is 2.16. The molecule has 5 nitrogen and oxygen atoms in total. The lowest BCUT2D eigenvalue weighted by Crippen LogP contribution is -2.34. The van der Waals surface area contributed by atoms with Crippen LogP contribution < -0.4 is 10.9 Å². The first-order valence-corrected chi connectivity index (χ1v) is 5.89. The van der Waals surface area contributed by atoms with Crippen molar-refractivity contribution < 1.29 is 0 Å². The van der Waals surface area contributed by atoms with Crippen LogP contribution in [0.4, 0.5) is 0 Å². The Labute approximate surface area is 98.5 Å². The van der Waals surface area contributed by atoms with Crippen LogP contribution in [-0.2, 0) is 0 Å². The third-order valence-electron chi connectivity index (χ3n) is 3.26. The number of piperidine rings is 1. The van der Waals surface area contributed by atoms with Gasteiger partial charge in [-0.15, -0.1) is 0 Å². The molecule has 1 N–H and O–H groups in total. The molecule has 17 heavy (non-hydrogen) atoms. The third kappa shape index (κ3) is 1.82.